The zero-order valence-electron chi connectivity index (χ0n) is 12.1. The second-order valence-corrected chi connectivity index (χ2v) is 5.69. The van der Waals surface area contributed by atoms with E-state index in [1.807, 2.05) is 6.92 Å². The summed E-state index contributed by atoms with van der Waals surface area (Å²) in [6, 6.07) is 2.43. The Hall–Kier alpha value is -2.15. The summed E-state index contributed by atoms with van der Waals surface area (Å²) in [6.07, 6.45) is 2.60. The van der Waals surface area contributed by atoms with E-state index in [4.69, 9.17) is 0 Å². The van der Waals surface area contributed by atoms with Crippen LogP contribution >= 0.6 is 11.3 Å². The highest BCUT2D eigenvalue weighted by Crippen LogP contribution is 2.20. The Morgan fingerprint density at radius 2 is 2.29 bits per heavy atom. The fraction of sp³-hybridized carbons (Fsp3) is 0.357. The van der Waals surface area contributed by atoms with Crippen LogP contribution in [0, 0.1) is 0 Å². The standard InChI is InChI=1S/C14H18N6S/c1-3-15-14-19-12-11(16-8-17-12)13(20-14)18-9(2)6-10-4-5-21-7-10/h4-5,7-9H,3,6H2,1-2H3,(H3,15,16,17,18,19,20). The van der Waals surface area contributed by atoms with E-state index < -0.39 is 0 Å². The molecule has 0 saturated heterocycles. The second kappa shape index (κ2) is 6.09. The molecule has 3 aromatic rings. The number of anilines is 2. The summed E-state index contributed by atoms with van der Waals surface area (Å²) in [7, 11) is 0. The van der Waals surface area contributed by atoms with Gasteiger partial charge >= 0.3 is 0 Å². The number of hydrogen-bond acceptors (Lipinski definition) is 6. The number of nitrogens with zero attached hydrogens (tertiary/aromatic N) is 3. The number of nitrogens with one attached hydrogen (secondary N) is 3. The van der Waals surface area contributed by atoms with Crippen LogP contribution in [0.4, 0.5) is 11.8 Å². The fourth-order valence-corrected chi connectivity index (χ4v) is 2.90. The summed E-state index contributed by atoms with van der Waals surface area (Å²) in [6.45, 7) is 4.94. The van der Waals surface area contributed by atoms with Crippen LogP contribution in [0.15, 0.2) is 23.2 Å². The van der Waals surface area contributed by atoms with Gasteiger partial charge in [-0.25, -0.2) is 4.98 Å². The molecule has 21 heavy (non-hydrogen) atoms. The second-order valence-electron chi connectivity index (χ2n) is 4.91. The van der Waals surface area contributed by atoms with Gasteiger partial charge in [-0.1, -0.05) is 0 Å². The van der Waals surface area contributed by atoms with Crippen molar-refractivity contribution in [2.45, 2.75) is 26.3 Å². The maximum absolute atomic E-state index is 4.53. The average molecular weight is 302 g/mol. The lowest BCUT2D eigenvalue weighted by Crippen LogP contribution is -2.19. The van der Waals surface area contributed by atoms with Gasteiger partial charge in [-0.15, -0.1) is 0 Å². The molecule has 3 rings (SSSR count). The molecule has 7 heteroatoms. The predicted octanol–water partition coefficient (Wildman–Crippen LogP) is 2.89. The van der Waals surface area contributed by atoms with Crippen molar-refractivity contribution < 1.29 is 0 Å². The lowest BCUT2D eigenvalue weighted by atomic mass is 10.1. The van der Waals surface area contributed by atoms with Gasteiger partial charge in [0.05, 0.1) is 6.33 Å². The van der Waals surface area contributed by atoms with Gasteiger partial charge in [0.1, 0.15) is 5.52 Å². The van der Waals surface area contributed by atoms with Crippen LogP contribution < -0.4 is 10.6 Å². The number of aromatic amines is 1. The molecular weight excluding hydrogens is 284 g/mol. The number of aromatic nitrogens is 4. The molecule has 3 heterocycles. The highest BCUT2D eigenvalue weighted by molar-refractivity contribution is 7.07. The van der Waals surface area contributed by atoms with E-state index in [9.17, 15) is 0 Å². The molecule has 0 amide bonds. The molecule has 110 valence electrons. The molecule has 0 bridgehead atoms. The first-order valence-corrected chi connectivity index (χ1v) is 7.93. The Kier molecular flexibility index (Phi) is 4.01. The summed E-state index contributed by atoms with van der Waals surface area (Å²) in [5, 5.41) is 10.9. The highest BCUT2D eigenvalue weighted by atomic mass is 32.1. The molecular formula is C14H18N6S. The molecule has 6 nitrogen and oxygen atoms in total. The van der Waals surface area contributed by atoms with E-state index in [0.717, 1.165) is 24.3 Å². The van der Waals surface area contributed by atoms with Gasteiger partial charge in [0.15, 0.2) is 11.5 Å². The molecule has 0 spiro atoms. The SMILES string of the molecule is CCNc1nc(NC(C)Cc2ccsc2)c2[nH]cnc2n1. The van der Waals surface area contributed by atoms with Crippen LogP contribution in [0.1, 0.15) is 19.4 Å². The third-order valence-corrected chi connectivity index (χ3v) is 3.86. The van der Waals surface area contributed by atoms with Gasteiger partial charge in [0.25, 0.3) is 0 Å². The Balaban J connectivity index is 1.83. The summed E-state index contributed by atoms with van der Waals surface area (Å²) >= 11 is 1.72. The minimum atomic E-state index is 0.274. The van der Waals surface area contributed by atoms with Crippen molar-refractivity contribution in [1.29, 1.82) is 0 Å². The first-order chi connectivity index (χ1) is 10.3. The van der Waals surface area contributed by atoms with Crippen molar-refractivity contribution in [3.8, 4) is 0 Å². The van der Waals surface area contributed by atoms with E-state index in [2.05, 4.69) is 54.3 Å². The van der Waals surface area contributed by atoms with E-state index >= 15 is 0 Å². The molecule has 0 aliphatic heterocycles. The molecule has 3 N–H and O–H groups in total. The summed E-state index contributed by atoms with van der Waals surface area (Å²) in [5.74, 6) is 1.39. The Morgan fingerprint density at radius 1 is 1.38 bits per heavy atom. The largest absolute Gasteiger partial charge is 0.365 e. The van der Waals surface area contributed by atoms with Crippen LogP contribution in [0.5, 0.6) is 0 Å². The quantitative estimate of drug-likeness (QED) is 0.652. The molecule has 0 aliphatic carbocycles. The molecule has 3 aromatic heterocycles. The molecule has 1 atom stereocenters. The van der Waals surface area contributed by atoms with E-state index in [1.54, 1.807) is 17.7 Å². The van der Waals surface area contributed by atoms with Crippen molar-refractivity contribution in [1.82, 2.24) is 19.9 Å². The van der Waals surface area contributed by atoms with Crippen LogP contribution in [0.25, 0.3) is 11.2 Å². The Labute approximate surface area is 127 Å². The van der Waals surface area contributed by atoms with Gasteiger partial charge in [-0.05, 0) is 42.7 Å². The molecule has 1 unspecified atom stereocenters. The minimum Gasteiger partial charge on any atom is -0.365 e. The van der Waals surface area contributed by atoms with Gasteiger partial charge in [0, 0.05) is 12.6 Å². The number of rotatable bonds is 6. The van der Waals surface area contributed by atoms with Crippen molar-refractivity contribution in [2.24, 2.45) is 0 Å². The number of H-pyrrole nitrogens is 1. The molecule has 0 saturated carbocycles. The monoisotopic (exact) mass is 302 g/mol. The Bertz CT molecular complexity index is 705. The minimum absolute atomic E-state index is 0.274. The van der Waals surface area contributed by atoms with Gasteiger partial charge in [-0.2, -0.15) is 21.3 Å². The molecule has 0 radical (unpaired) electrons. The summed E-state index contributed by atoms with van der Waals surface area (Å²) in [4.78, 5) is 16.2. The van der Waals surface area contributed by atoms with E-state index in [1.165, 1.54) is 5.56 Å². The van der Waals surface area contributed by atoms with Crippen LogP contribution in [0.2, 0.25) is 0 Å². The summed E-state index contributed by atoms with van der Waals surface area (Å²) in [5.41, 5.74) is 2.85. The van der Waals surface area contributed by atoms with Gasteiger partial charge in [0.2, 0.25) is 5.95 Å². The first kappa shape index (κ1) is 13.8. The van der Waals surface area contributed by atoms with Gasteiger partial charge < -0.3 is 15.6 Å². The third-order valence-electron chi connectivity index (χ3n) is 3.13. The number of imidazole rings is 1. The lowest BCUT2D eigenvalue weighted by molar-refractivity contribution is 0.787. The molecule has 0 aliphatic rings. The van der Waals surface area contributed by atoms with E-state index in [-0.39, 0.29) is 6.04 Å². The van der Waals surface area contributed by atoms with Gasteiger partial charge in [-0.3, -0.25) is 0 Å². The van der Waals surface area contributed by atoms with Crippen molar-refractivity contribution in [2.75, 3.05) is 17.2 Å². The molecule has 0 aromatic carbocycles. The van der Waals surface area contributed by atoms with Crippen molar-refractivity contribution in [3.63, 3.8) is 0 Å². The highest BCUT2D eigenvalue weighted by Gasteiger charge is 2.12. The smallest absolute Gasteiger partial charge is 0.226 e. The number of fused-ring (bicyclic) bond motifs is 1. The predicted molar refractivity (Wildman–Crippen MR) is 87.0 cm³/mol. The lowest BCUT2D eigenvalue weighted by Gasteiger charge is -2.15. The first-order valence-electron chi connectivity index (χ1n) is 6.99. The third kappa shape index (κ3) is 3.13. The zero-order chi connectivity index (χ0) is 14.7. The Morgan fingerprint density at radius 3 is 3.05 bits per heavy atom. The number of thiophene rings is 1. The van der Waals surface area contributed by atoms with Crippen LogP contribution in [-0.4, -0.2) is 32.5 Å². The average Bonchev–Trinajstić information content (AvgIpc) is 3.09. The van der Waals surface area contributed by atoms with Crippen LogP contribution in [0.3, 0.4) is 0 Å². The van der Waals surface area contributed by atoms with Crippen molar-refractivity contribution in [3.05, 3.63) is 28.7 Å². The molecule has 0 fully saturated rings. The van der Waals surface area contributed by atoms with Crippen LogP contribution in [-0.2, 0) is 6.42 Å². The van der Waals surface area contributed by atoms with E-state index in [0.29, 0.717) is 11.6 Å². The maximum Gasteiger partial charge on any atom is 0.226 e. The fourth-order valence-electron chi connectivity index (χ4n) is 2.22. The van der Waals surface area contributed by atoms with Crippen molar-refractivity contribution >= 4 is 34.3 Å². The zero-order valence-corrected chi connectivity index (χ0v) is 12.9. The normalized spacial score (nSPS) is 12.5. The number of hydrogen-bond donors (Lipinski definition) is 3. The summed E-state index contributed by atoms with van der Waals surface area (Å²) < 4.78 is 0. The maximum atomic E-state index is 4.53. The topological polar surface area (TPSA) is 78.5 Å².